The Labute approximate surface area is 126 Å². The number of hydrogen-bond acceptors (Lipinski definition) is 6. The quantitative estimate of drug-likeness (QED) is 0.757. The lowest BCUT2D eigenvalue weighted by Gasteiger charge is -1.94. The van der Waals surface area contributed by atoms with Crippen molar-refractivity contribution in [3.05, 3.63) is 40.8 Å². The van der Waals surface area contributed by atoms with Crippen LogP contribution in [0.5, 0.6) is 0 Å². The first-order valence-corrected chi connectivity index (χ1v) is 7.50. The molecule has 0 aliphatic heterocycles. The van der Waals surface area contributed by atoms with E-state index in [0.29, 0.717) is 16.0 Å². The maximum atomic E-state index is 11.8. The van der Waals surface area contributed by atoms with E-state index in [9.17, 15) is 4.79 Å². The zero-order chi connectivity index (χ0) is 15.2. The highest BCUT2D eigenvalue weighted by atomic mass is 32.1. The molecule has 21 heavy (non-hydrogen) atoms. The number of thiophene rings is 1. The van der Waals surface area contributed by atoms with Gasteiger partial charge in [-0.25, -0.2) is 15.0 Å². The number of aromatic nitrogens is 4. The molecule has 0 spiro atoms. The molecule has 0 bridgehead atoms. The van der Waals surface area contributed by atoms with Crippen LogP contribution in [-0.2, 0) is 6.54 Å². The number of fused-ring (bicyclic) bond motifs is 1. The second-order valence-electron chi connectivity index (χ2n) is 4.34. The molecule has 0 aliphatic carbocycles. The summed E-state index contributed by atoms with van der Waals surface area (Å²) >= 11 is 1.36. The van der Waals surface area contributed by atoms with E-state index in [-0.39, 0.29) is 12.1 Å². The second-order valence-corrected chi connectivity index (χ2v) is 5.40. The van der Waals surface area contributed by atoms with Crippen molar-refractivity contribution in [2.75, 3.05) is 0 Å². The average molecular weight is 303 g/mol. The third-order valence-electron chi connectivity index (χ3n) is 2.46. The van der Waals surface area contributed by atoms with Gasteiger partial charge in [0.2, 0.25) is 0 Å². The first kappa shape index (κ1) is 15.3. The van der Waals surface area contributed by atoms with Crippen molar-refractivity contribution in [2.45, 2.75) is 26.8 Å². The van der Waals surface area contributed by atoms with Gasteiger partial charge in [-0.15, -0.1) is 11.3 Å². The van der Waals surface area contributed by atoms with Crippen LogP contribution < -0.4 is 11.3 Å². The molecule has 3 aromatic rings. The summed E-state index contributed by atoms with van der Waals surface area (Å²) in [5.74, 6) is 0.486. The summed E-state index contributed by atoms with van der Waals surface area (Å²) in [5.41, 5.74) is 6.75. The molecular formula is C14H17N5OS. The maximum Gasteiger partial charge on any atom is 0.268 e. The number of nitrogens with one attached hydrogen (secondary N) is 1. The van der Waals surface area contributed by atoms with Crippen LogP contribution in [0.4, 0.5) is 0 Å². The lowest BCUT2D eigenvalue weighted by Crippen LogP contribution is -2.12. The Hall–Kier alpha value is -2.12. The molecule has 0 aromatic carbocycles. The standard InChI is InChI=1S/C11H9N5OS.C3H8/c12-4-9-15-7-3-8(6-1-2-13-5-14-6)18-10(7)11(17)16-9;1-3-2/h1-3,5H,4,12H2,(H,15,16,17);3H2,1-2H3. The summed E-state index contributed by atoms with van der Waals surface area (Å²) in [7, 11) is 0. The fourth-order valence-electron chi connectivity index (χ4n) is 1.65. The number of H-pyrrole nitrogens is 1. The Bertz CT molecular complexity index is 766. The predicted octanol–water partition coefficient (Wildman–Crippen LogP) is 2.32. The van der Waals surface area contributed by atoms with Gasteiger partial charge in [0, 0.05) is 6.20 Å². The summed E-state index contributed by atoms with van der Waals surface area (Å²) in [6.07, 6.45) is 4.39. The molecule has 3 aromatic heterocycles. The molecule has 0 radical (unpaired) electrons. The SMILES string of the molecule is CCC.NCc1nc2cc(-c3ccncn3)sc2c(=O)[nH]1. The highest BCUT2D eigenvalue weighted by molar-refractivity contribution is 7.22. The Balaban J connectivity index is 0.000000497. The van der Waals surface area contributed by atoms with Crippen LogP contribution in [0.1, 0.15) is 26.1 Å². The van der Waals surface area contributed by atoms with E-state index in [4.69, 9.17) is 5.73 Å². The molecule has 3 N–H and O–H groups in total. The van der Waals surface area contributed by atoms with Gasteiger partial charge in [-0.3, -0.25) is 4.79 Å². The van der Waals surface area contributed by atoms with E-state index in [2.05, 4.69) is 33.8 Å². The Kier molecular flexibility index (Phi) is 5.13. The number of nitrogens with two attached hydrogens (primary N) is 1. The zero-order valence-corrected chi connectivity index (χ0v) is 12.8. The van der Waals surface area contributed by atoms with Crippen LogP contribution in [0.3, 0.4) is 0 Å². The largest absolute Gasteiger partial charge is 0.324 e. The Morgan fingerprint density at radius 1 is 1.38 bits per heavy atom. The normalized spacial score (nSPS) is 10.2. The first-order valence-electron chi connectivity index (χ1n) is 6.68. The lowest BCUT2D eigenvalue weighted by atomic mass is 10.3. The molecule has 3 rings (SSSR count). The second kappa shape index (κ2) is 7.05. The molecule has 0 saturated heterocycles. The molecule has 0 aliphatic rings. The van der Waals surface area contributed by atoms with Crippen molar-refractivity contribution < 1.29 is 0 Å². The summed E-state index contributed by atoms with van der Waals surface area (Å²) in [6, 6.07) is 3.64. The molecule has 0 saturated carbocycles. The van der Waals surface area contributed by atoms with Crippen molar-refractivity contribution in [3.8, 4) is 10.6 Å². The number of nitrogens with zero attached hydrogens (tertiary/aromatic N) is 3. The number of aromatic amines is 1. The zero-order valence-electron chi connectivity index (χ0n) is 12.0. The third-order valence-corrected chi connectivity index (χ3v) is 3.61. The van der Waals surface area contributed by atoms with Gasteiger partial charge in [-0.1, -0.05) is 20.3 Å². The van der Waals surface area contributed by atoms with Crippen molar-refractivity contribution >= 4 is 21.6 Å². The first-order chi connectivity index (χ1) is 10.2. The summed E-state index contributed by atoms with van der Waals surface area (Å²) in [5, 5.41) is 0. The van der Waals surface area contributed by atoms with E-state index in [1.54, 1.807) is 12.3 Å². The van der Waals surface area contributed by atoms with Gasteiger partial charge in [0.15, 0.2) is 0 Å². The maximum absolute atomic E-state index is 11.8. The Morgan fingerprint density at radius 2 is 2.14 bits per heavy atom. The minimum absolute atomic E-state index is 0.161. The molecule has 0 atom stereocenters. The molecule has 6 nitrogen and oxygen atoms in total. The molecule has 0 fully saturated rings. The van der Waals surface area contributed by atoms with E-state index >= 15 is 0 Å². The highest BCUT2D eigenvalue weighted by Gasteiger charge is 2.10. The van der Waals surface area contributed by atoms with E-state index in [0.717, 1.165) is 10.6 Å². The Morgan fingerprint density at radius 3 is 2.76 bits per heavy atom. The molecule has 7 heteroatoms. The molecule has 0 amide bonds. The van der Waals surface area contributed by atoms with Crippen molar-refractivity contribution in [2.24, 2.45) is 5.73 Å². The van der Waals surface area contributed by atoms with Gasteiger partial charge < -0.3 is 10.7 Å². The van der Waals surface area contributed by atoms with E-state index < -0.39 is 0 Å². The minimum atomic E-state index is -0.161. The summed E-state index contributed by atoms with van der Waals surface area (Å²) in [4.78, 5) is 27.7. The number of rotatable bonds is 2. The van der Waals surface area contributed by atoms with Crippen molar-refractivity contribution in [1.82, 2.24) is 19.9 Å². The van der Waals surface area contributed by atoms with Gasteiger partial charge in [-0.05, 0) is 12.1 Å². The van der Waals surface area contributed by atoms with Gasteiger partial charge in [0.05, 0.1) is 22.6 Å². The fraction of sp³-hybridized carbons (Fsp3) is 0.286. The molecule has 3 heterocycles. The van der Waals surface area contributed by atoms with Gasteiger partial charge in [0.25, 0.3) is 5.56 Å². The smallest absolute Gasteiger partial charge is 0.268 e. The molecular weight excluding hydrogens is 286 g/mol. The van der Waals surface area contributed by atoms with Crippen LogP contribution in [0.25, 0.3) is 20.8 Å². The van der Waals surface area contributed by atoms with Crippen molar-refractivity contribution in [1.29, 1.82) is 0 Å². The molecule has 0 unspecified atom stereocenters. The van der Waals surface area contributed by atoms with Crippen molar-refractivity contribution in [3.63, 3.8) is 0 Å². The highest BCUT2D eigenvalue weighted by Crippen LogP contribution is 2.28. The van der Waals surface area contributed by atoms with Gasteiger partial charge in [0.1, 0.15) is 16.9 Å². The van der Waals surface area contributed by atoms with Crippen LogP contribution in [0, 0.1) is 0 Å². The van der Waals surface area contributed by atoms with Gasteiger partial charge in [-0.2, -0.15) is 0 Å². The number of hydrogen-bond donors (Lipinski definition) is 2. The predicted molar refractivity (Wildman–Crippen MR) is 85.1 cm³/mol. The monoisotopic (exact) mass is 303 g/mol. The topological polar surface area (TPSA) is 97.5 Å². The fourth-order valence-corrected chi connectivity index (χ4v) is 2.62. The van der Waals surface area contributed by atoms with Gasteiger partial charge >= 0.3 is 0 Å². The summed E-state index contributed by atoms with van der Waals surface area (Å²) in [6.45, 7) is 4.46. The van der Waals surface area contributed by atoms with Crippen LogP contribution in [0.15, 0.2) is 29.5 Å². The minimum Gasteiger partial charge on any atom is -0.324 e. The van der Waals surface area contributed by atoms with E-state index in [1.165, 1.54) is 24.1 Å². The average Bonchev–Trinajstić information content (AvgIpc) is 2.93. The summed E-state index contributed by atoms with van der Waals surface area (Å²) < 4.78 is 0.584. The van der Waals surface area contributed by atoms with Crippen LogP contribution >= 0.6 is 11.3 Å². The lowest BCUT2D eigenvalue weighted by molar-refractivity contribution is 0.915. The molecule has 110 valence electrons. The van der Waals surface area contributed by atoms with Crippen LogP contribution in [0.2, 0.25) is 0 Å². The van der Waals surface area contributed by atoms with E-state index in [1.807, 2.05) is 6.07 Å². The van der Waals surface area contributed by atoms with Crippen LogP contribution in [-0.4, -0.2) is 19.9 Å². The third kappa shape index (κ3) is 3.50.